The van der Waals surface area contributed by atoms with Crippen molar-refractivity contribution >= 4 is 27.6 Å². The molecule has 3 heterocycles. The topological polar surface area (TPSA) is 112 Å². The number of pyridine rings is 1. The Hall–Kier alpha value is -3.27. The summed E-state index contributed by atoms with van der Waals surface area (Å²) in [6.45, 7) is 0.231. The Kier molecular flexibility index (Phi) is 4.39. The summed E-state index contributed by atoms with van der Waals surface area (Å²) in [5.74, 6) is -0.916. The van der Waals surface area contributed by atoms with Crippen LogP contribution < -0.4 is 5.32 Å². The fourth-order valence-electron chi connectivity index (χ4n) is 5.94. The molecule has 0 saturated heterocycles. The van der Waals surface area contributed by atoms with E-state index in [1.54, 1.807) is 17.0 Å². The number of nitrogens with zero attached hydrogens (tertiary/aromatic N) is 3. The smallest absolute Gasteiger partial charge is 0.287 e. The summed E-state index contributed by atoms with van der Waals surface area (Å²) < 4.78 is 42.8. The summed E-state index contributed by atoms with van der Waals surface area (Å²) in [7, 11) is -4.10. The molecule has 2 aliphatic heterocycles. The number of fused-ring (bicyclic) bond motifs is 6. The second-order valence-electron chi connectivity index (χ2n) is 9.06. The number of amides is 1. The quantitative estimate of drug-likeness (QED) is 0.716. The number of nitrogens with one attached hydrogen (secondary N) is 1. The van der Waals surface area contributed by atoms with Crippen molar-refractivity contribution in [3.8, 4) is 0 Å². The van der Waals surface area contributed by atoms with Crippen LogP contribution in [0.5, 0.6) is 0 Å². The lowest BCUT2D eigenvalue weighted by Gasteiger charge is -2.44. The van der Waals surface area contributed by atoms with Gasteiger partial charge in [0.2, 0.25) is 0 Å². The van der Waals surface area contributed by atoms with E-state index in [2.05, 4.69) is 14.7 Å². The van der Waals surface area contributed by atoms with E-state index in [9.17, 15) is 22.7 Å². The van der Waals surface area contributed by atoms with Crippen LogP contribution in [-0.2, 0) is 21.4 Å². The molecular formula is C23H21FN4O4S. The minimum atomic E-state index is -4.10. The molecule has 2 bridgehead atoms. The van der Waals surface area contributed by atoms with Gasteiger partial charge >= 0.3 is 0 Å². The SMILES string of the molecule is O=C1C(C2=NS(=O)(=O)c3cccnc3N2)=C(O)C2C([C@H]3CC[C@@H]2C3)N1Cc1ccc(F)cc1. The van der Waals surface area contributed by atoms with Gasteiger partial charge in [0.15, 0.2) is 11.7 Å². The molecule has 2 aromatic rings. The summed E-state index contributed by atoms with van der Waals surface area (Å²) in [6.07, 6.45) is 4.27. The predicted molar refractivity (Wildman–Crippen MR) is 117 cm³/mol. The summed E-state index contributed by atoms with van der Waals surface area (Å²) in [5.41, 5.74) is 0.621. The van der Waals surface area contributed by atoms with Crippen LogP contribution in [0.15, 0.2) is 63.2 Å². The van der Waals surface area contributed by atoms with Crippen LogP contribution in [0, 0.1) is 23.6 Å². The number of aromatic nitrogens is 1. The molecular weight excluding hydrogens is 447 g/mol. The molecule has 2 N–H and O–H groups in total. The molecule has 1 aromatic carbocycles. The van der Waals surface area contributed by atoms with Gasteiger partial charge in [0.1, 0.15) is 22.0 Å². The number of carbonyl (C=O) groups excluding carboxylic acids is 1. The maximum Gasteiger partial charge on any atom is 0.287 e. The normalized spacial score (nSPS) is 29.4. The molecule has 0 radical (unpaired) electrons. The highest BCUT2D eigenvalue weighted by molar-refractivity contribution is 7.90. The lowest BCUT2D eigenvalue weighted by Crippen LogP contribution is -2.53. The van der Waals surface area contributed by atoms with Gasteiger partial charge in [0.05, 0.1) is 0 Å². The number of benzene rings is 1. The number of hydrogen-bond acceptors (Lipinski definition) is 6. The average Bonchev–Trinajstić information content (AvgIpc) is 3.40. The first-order chi connectivity index (χ1) is 15.8. The Morgan fingerprint density at radius 3 is 2.70 bits per heavy atom. The number of carbonyl (C=O) groups is 1. The van der Waals surface area contributed by atoms with Crippen LogP contribution >= 0.6 is 0 Å². The van der Waals surface area contributed by atoms with Crippen LogP contribution in [0.2, 0.25) is 0 Å². The maximum absolute atomic E-state index is 13.7. The molecule has 1 aromatic heterocycles. The first kappa shape index (κ1) is 20.3. The van der Waals surface area contributed by atoms with Gasteiger partial charge in [-0.15, -0.1) is 4.40 Å². The van der Waals surface area contributed by atoms with Crippen LogP contribution in [-0.4, -0.2) is 41.2 Å². The van der Waals surface area contributed by atoms with Crippen molar-refractivity contribution in [1.29, 1.82) is 0 Å². The largest absolute Gasteiger partial charge is 0.511 e. The van der Waals surface area contributed by atoms with Gasteiger partial charge in [-0.05, 0) is 60.9 Å². The lowest BCUT2D eigenvalue weighted by atomic mass is 9.77. The highest BCUT2D eigenvalue weighted by atomic mass is 32.2. The number of aliphatic hydroxyl groups excluding tert-OH is 1. The fraction of sp³-hybridized carbons (Fsp3) is 0.348. The second-order valence-corrected chi connectivity index (χ2v) is 10.6. The number of halogens is 1. The van der Waals surface area contributed by atoms with Crippen molar-refractivity contribution in [2.45, 2.75) is 36.7 Å². The number of sulfonamides is 1. The molecule has 1 amide bonds. The van der Waals surface area contributed by atoms with E-state index in [4.69, 9.17) is 0 Å². The van der Waals surface area contributed by atoms with Crippen molar-refractivity contribution in [2.24, 2.45) is 22.2 Å². The molecule has 8 nitrogen and oxygen atoms in total. The zero-order valence-corrected chi connectivity index (χ0v) is 18.3. The van der Waals surface area contributed by atoms with Gasteiger partial charge in [0.25, 0.3) is 15.9 Å². The lowest BCUT2D eigenvalue weighted by molar-refractivity contribution is -0.134. The first-order valence-corrected chi connectivity index (χ1v) is 12.3. The molecule has 2 fully saturated rings. The average molecular weight is 469 g/mol. The van der Waals surface area contributed by atoms with Gasteiger partial charge in [-0.2, -0.15) is 8.42 Å². The molecule has 2 saturated carbocycles. The number of rotatable bonds is 3. The standard InChI is InChI=1S/C23H21FN4O4S/c24-15-7-3-12(4-8-15)11-28-19-14-6-5-13(10-14)17(19)20(29)18(23(28)30)22-26-21-16(2-1-9-25-21)33(31,32)27-22/h1-4,7-9,13-14,17,19,29H,5-6,10-11H2,(H,25,26,27)/t13-,14+,17?,19?/m1/s1. The van der Waals surface area contributed by atoms with Crippen molar-refractivity contribution < 1.29 is 22.7 Å². The van der Waals surface area contributed by atoms with Gasteiger partial charge < -0.3 is 15.3 Å². The molecule has 4 atom stereocenters. The van der Waals surface area contributed by atoms with Crippen molar-refractivity contribution in [1.82, 2.24) is 9.88 Å². The summed E-state index contributed by atoms with van der Waals surface area (Å²) in [5, 5.41) is 14.1. The number of anilines is 1. The zero-order chi connectivity index (χ0) is 22.9. The van der Waals surface area contributed by atoms with E-state index in [0.29, 0.717) is 0 Å². The van der Waals surface area contributed by atoms with Crippen LogP contribution in [0.3, 0.4) is 0 Å². The third kappa shape index (κ3) is 3.07. The zero-order valence-electron chi connectivity index (χ0n) is 17.5. The summed E-state index contributed by atoms with van der Waals surface area (Å²) in [4.78, 5) is 19.4. The molecule has 170 valence electrons. The molecule has 4 aliphatic rings. The molecule has 33 heavy (non-hydrogen) atoms. The van der Waals surface area contributed by atoms with Crippen LogP contribution in [0.1, 0.15) is 24.8 Å². The van der Waals surface area contributed by atoms with Crippen LogP contribution in [0.4, 0.5) is 10.2 Å². The Morgan fingerprint density at radius 2 is 1.91 bits per heavy atom. The summed E-state index contributed by atoms with van der Waals surface area (Å²) in [6, 6.07) is 8.64. The minimum absolute atomic E-state index is 0.0655. The maximum atomic E-state index is 13.7. The van der Waals surface area contributed by atoms with E-state index >= 15 is 0 Å². The van der Waals surface area contributed by atoms with E-state index in [0.717, 1.165) is 24.8 Å². The van der Waals surface area contributed by atoms with Crippen LogP contribution in [0.25, 0.3) is 0 Å². The van der Waals surface area contributed by atoms with E-state index in [1.807, 2.05) is 0 Å². The second kappa shape index (κ2) is 7.11. The molecule has 0 spiro atoms. The Bertz CT molecular complexity index is 1340. The minimum Gasteiger partial charge on any atom is -0.511 e. The van der Waals surface area contributed by atoms with Gasteiger partial charge in [0, 0.05) is 24.7 Å². The van der Waals surface area contributed by atoms with E-state index in [-0.39, 0.29) is 64.0 Å². The number of amidine groups is 1. The van der Waals surface area contributed by atoms with Crippen molar-refractivity contribution in [3.63, 3.8) is 0 Å². The highest BCUT2D eigenvalue weighted by Crippen LogP contribution is 2.55. The number of hydrogen-bond donors (Lipinski definition) is 2. The number of aliphatic hydroxyl groups is 1. The Balaban J connectivity index is 1.45. The fourth-order valence-corrected chi connectivity index (χ4v) is 7.02. The van der Waals surface area contributed by atoms with Crippen molar-refractivity contribution in [3.05, 3.63) is 65.3 Å². The third-order valence-corrected chi connectivity index (χ3v) is 8.59. The summed E-state index contributed by atoms with van der Waals surface area (Å²) >= 11 is 0. The predicted octanol–water partition coefficient (Wildman–Crippen LogP) is 3.00. The van der Waals surface area contributed by atoms with Gasteiger partial charge in [-0.3, -0.25) is 4.79 Å². The molecule has 2 unspecified atom stereocenters. The Labute approximate surface area is 189 Å². The first-order valence-electron chi connectivity index (χ1n) is 10.9. The third-order valence-electron chi connectivity index (χ3n) is 7.28. The molecule has 10 heteroatoms. The molecule has 6 rings (SSSR count). The monoisotopic (exact) mass is 468 g/mol. The van der Waals surface area contributed by atoms with E-state index < -0.39 is 15.9 Å². The van der Waals surface area contributed by atoms with Gasteiger partial charge in [-0.25, -0.2) is 9.37 Å². The Morgan fingerprint density at radius 1 is 1.15 bits per heavy atom. The van der Waals surface area contributed by atoms with Gasteiger partial charge in [-0.1, -0.05) is 12.1 Å². The van der Waals surface area contributed by atoms with E-state index in [1.165, 1.54) is 30.5 Å². The molecule has 2 aliphatic carbocycles. The highest BCUT2D eigenvalue weighted by Gasteiger charge is 2.57. The van der Waals surface area contributed by atoms with Crippen molar-refractivity contribution in [2.75, 3.05) is 5.32 Å².